The Labute approximate surface area is 107 Å². The van der Waals surface area contributed by atoms with Crippen molar-refractivity contribution in [3.63, 3.8) is 0 Å². The van der Waals surface area contributed by atoms with Crippen LogP contribution in [0.4, 0.5) is 0 Å². The van der Waals surface area contributed by atoms with E-state index >= 15 is 0 Å². The van der Waals surface area contributed by atoms with E-state index in [-0.39, 0.29) is 6.61 Å². The van der Waals surface area contributed by atoms with Crippen molar-refractivity contribution in [3.05, 3.63) is 23.7 Å². The second kappa shape index (κ2) is 6.47. The molecule has 2 rings (SSSR count). The topological polar surface area (TPSA) is 45.4 Å². The lowest BCUT2D eigenvalue weighted by Crippen LogP contribution is -2.36. The lowest BCUT2D eigenvalue weighted by atomic mass is 9.93. The largest absolute Gasteiger partial charge is 0.469 e. The molecule has 17 heavy (non-hydrogen) atoms. The molecule has 0 aliphatic heterocycles. The van der Waals surface area contributed by atoms with E-state index in [2.05, 4.69) is 17.6 Å². The van der Waals surface area contributed by atoms with Crippen LogP contribution in [0.5, 0.6) is 0 Å². The summed E-state index contributed by atoms with van der Waals surface area (Å²) >= 11 is 1.82. The van der Waals surface area contributed by atoms with Crippen LogP contribution in [0.15, 0.2) is 16.7 Å². The molecule has 0 bridgehead atoms. The standard InChI is InChI=1S/C13H21NO2S/c1-17-9-10(5-7-15)14-12-3-2-4-13-11(12)6-8-16-13/h6,8,10,12,14-15H,2-5,7,9H2,1H3/t10-,12+/m0/s1. The quantitative estimate of drug-likeness (QED) is 0.819. The number of hydrogen-bond donors (Lipinski definition) is 2. The van der Waals surface area contributed by atoms with E-state index in [0.717, 1.165) is 24.4 Å². The second-order valence-corrected chi connectivity index (χ2v) is 5.49. The number of nitrogens with one attached hydrogen (secondary N) is 1. The zero-order chi connectivity index (χ0) is 12.1. The van der Waals surface area contributed by atoms with Gasteiger partial charge >= 0.3 is 0 Å². The van der Waals surface area contributed by atoms with Crippen LogP contribution in [-0.4, -0.2) is 29.8 Å². The zero-order valence-corrected chi connectivity index (χ0v) is 11.1. The molecule has 0 saturated heterocycles. The van der Waals surface area contributed by atoms with Crippen molar-refractivity contribution in [2.75, 3.05) is 18.6 Å². The van der Waals surface area contributed by atoms with Gasteiger partial charge in [0.1, 0.15) is 5.76 Å². The van der Waals surface area contributed by atoms with Gasteiger partial charge in [-0.05, 0) is 31.6 Å². The fraction of sp³-hybridized carbons (Fsp3) is 0.692. The predicted octanol–water partition coefficient (Wildman–Crippen LogP) is 2.36. The number of aryl methyl sites for hydroxylation is 1. The van der Waals surface area contributed by atoms with Crippen molar-refractivity contribution in [2.24, 2.45) is 0 Å². The summed E-state index contributed by atoms with van der Waals surface area (Å²) in [7, 11) is 0. The van der Waals surface area contributed by atoms with E-state index < -0.39 is 0 Å². The van der Waals surface area contributed by atoms with Crippen LogP contribution in [0.25, 0.3) is 0 Å². The summed E-state index contributed by atoms with van der Waals surface area (Å²) in [5.74, 6) is 2.19. The second-order valence-electron chi connectivity index (χ2n) is 4.58. The minimum atomic E-state index is 0.253. The van der Waals surface area contributed by atoms with E-state index in [9.17, 15) is 0 Å². The molecule has 1 aromatic heterocycles. The summed E-state index contributed by atoms with van der Waals surface area (Å²) in [6.45, 7) is 0.253. The highest BCUT2D eigenvalue weighted by Gasteiger charge is 2.24. The Morgan fingerprint density at radius 2 is 2.53 bits per heavy atom. The van der Waals surface area contributed by atoms with Crippen LogP contribution in [0, 0.1) is 0 Å². The smallest absolute Gasteiger partial charge is 0.108 e. The van der Waals surface area contributed by atoms with Crippen molar-refractivity contribution >= 4 is 11.8 Å². The highest BCUT2D eigenvalue weighted by Crippen LogP contribution is 2.31. The number of aliphatic hydroxyl groups is 1. The fourth-order valence-corrected chi connectivity index (χ4v) is 3.18. The molecule has 0 spiro atoms. The normalized spacial score (nSPS) is 21.2. The molecule has 2 atom stereocenters. The van der Waals surface area contributed by atoms with Gasteiger partial charge in [0.25, 0.3) is 0 Å². The van der Waals surface area contributed by atoms with E-state index in [4.69, 9.17) is 9.52 Å². The highest BCUT2D eigenvalue weighted by atomic mass is 32.2. The molecule has 0 unspecified atom stereocenters. The van der Waals surface area contributed by atoms with Crippen LogP contribution in [0.2, 0.25) is 0 Å². The van der Waals surface area contributed by atoms with Crippen molar-refractivity contribution in [1.82, 2.24) is 5.32 Å². The number of thioether (sulfide) groups is 1. The van der Waals surface area contributed by atoms with Gasteiger partial charge in [0.15, 0.2) is 0 Å². The molecule has 2 N–H and O–H groups in total. The molecule has 0 aromatic carbocycles. The Hall–Kier alpha value is -0.450. The highest BCUT2D eigenvalue weighted by molar-refractivity contribution is 7.98. The maximum Gasteiger partial charge on any atom is 0.108 e. The van der Waals surface area contributed by atoms with Gasteiger partial charge < -0.3 is 14.8 Å². The molecule has 0 radical (unpaired) electrons. The maximum absolute atomic E-state index is 9.08. The summed E-state index contributed by atoms with van der Waals surface area (Å²) in [6.07, 6.45) is 8.14. The predicted molar refractivity (Wildman–Crippen MR) is 71.4 cm³/mol. The Morgan fingerprint density at radius 1 is 1.65 bits per heavy atom. The molecular formula is C13H21NO2S. The van der Waals surface area contributed by atoms with Gasteiger partial charge in [-0.15, -0.1) is 0 Å². The molecule has 3 nitrogen and oxygen atoms in total. The van der Waals surface area contributed by atoms with Crippen molar-refractivity contribution in [1.29, 1.82) is 0 Å². The third-order valence-corrected chi connectivity index (χ3v) is 4.07. The van der Waals surface area contributed by atoms with Crippen LogP contribution in [0.3, 0.4) is 0 Å². The van der Waals surface area contributed by atoms with Gasteiger partial charge in [-0.1, -0.05) is 0 Å². The van der Waals surface area contributed by atoms with Crippen LogP contribution < -0.4 is 5.32 Å². The SMILES string of the molecule is CSC[C@H](CCO)N[C@@H]1CCCc2occc21. The zero-order valence-electron chi connectivity index (χ0n) is 10.3. The molecule has 1 heterocycles. The van der Waals surface area contributed by atoms with E-state index in [0.29, 0.717) is 12.1 Å². The van der Waals surface area contributed by atoms with Gasteiger partial charge in [-0.2, -0.15) is 11.8 Å². The number of rotatable bonds is 6. The molecule has 1 aromatic rings. The van der Waals surface area contributed by atoms with Crippen LogP contribution >= 0.6 is 11.8 Å². The molecule has 0 amide bonds. The minimum Gasteiger partial charge on any atom is -0.469 e. The van der Waals surface area contributed by atoms with Crippen LogP contribution in [-0.2, 0) is 6.42 Å². The minimum absolute atomic E-state index is 0.253. The number of hydrogen-bond acceptors (Lipinski definition) is 4. The molecule has 4 heteroatoms. The van der Waals surface area contributed by atoms with E-state index in [1.54, 1.807) is 6.26 Å². The Kier molecular flexibility index (Phi) is 4.95. The van der Waals surface area contributed by atoms with E-state index in [1.165, 1.54) is 18.4 Å². The first kappa shape index (κ1) is 13.0. The third kappa shape index (κ3) is 3.27. The van der Waals surface area contributed by atoms with Crippen molar-refractivity contribution < 1.29 is 9.52 Å². The van der Waals surface area contributed by atoms with Gasteiger partial charge in [-0.3, -0.25) is 0 Å². The summed E-state index contributed by atoms with van der Waals surface area (Å²) in [4.78, 5) is 0. The number of fused-ring (bicyclic) bond motifs is 1. The monoisotopic (exact) mass is 255 g/mol. The van der Waals surface area contributed by atoms with Crippen molar-refractivity contribution in [3.8, 4) is 0 Å². The summed E-state index contributed by atoms with van der Waals surface area (Å²) in [5.41, 5.74) is 1.32. The van der Waals surface area contributed by atoms with Gasteiger partial charge in [0.2, 0.25) is 0 Å². The molecule has 96 valence electrons. The average Bonchev–Trinajstić information content (AvgIpc) is 2.79. The van der Waals surface area contributed by atoms with Gasteiger partial charge in [0, 0.05) is 36.4 Å². The molecule has 0 saturated carbocycles. The average molecular weight is 255 g/mol. The summed E-state index contributed by atoms with van der Waals surface area (Å²) < 4.78 is 5.49. The summed E-state index contributed by atoms with van der Waals surface area (Å²) in [5, 5.41) is 12.7. The van der Waals surface area contributed by atoms with Crippen molar-refractivity contribution in [2.45, 2.75) is 37.8 Å². The first-order chi connectivity index (χ1) is 8.35. The lowest BCUT2D eigenvalue weighted by Gasteiger charge is -2.27. The number of furan rings is 1. The Balaban J connectivity index is 1.99. The van der Waals surface area contributed by atoms with E-state index in [1.807, 2.05) is 11.8 Å². The van der Waals surface area contributed by atoms with Crippen LogP contribution in [0.1, 0.15) is 36.6 Å². The number of aliphatic hydroxyl groups excluding tert-OH is 1. The molecular weight excluding hydrogens is 234 g/mol. The lowest BCUT2D eigenvalue weighted by molar-refractivity contribution is 0.260. The Bertz CT molecular complexity index is 334. The Morgan fingerprint density at radius 3 is 3.29 bits per heavy atom. The third-order valence-electron chi connectivity index (χ3n) is 3.33. The van der Waals surface area contributed by atoms with Gasteiger partial charge in [0.05, 0.1) is 6.26 Å². The first-order valence-corrected chi connectivity index (χ1v) is 7.66. The molecule has 1 aliphatic carbocycles. The fourth-order valence-electron chi connectivity index (χ4n) is 2.52. The van der Waals surface area contributed by atoms with Gasteiger partial charge in [-0.25, -0.2) is 0 Å². The summed E-state index contributed by atoms with van der Waals surface area (Å²) in [6, 6.07) is 2.88. The first-order valence-electron chi connectivity index (χ1n) is 6.27. The molecule has 0 fully saturated rings. The molecule has 1 aliphatic rings. The maximum atomic E-state index is 9.08.